The predicted molar refractivity (Wildman–Crippen MR) is 71.3 cm³/mol. The first kappa shape index (κ1) is 14.0. The van der Waals surface area contributed by atoms with Gasteiger partial charge in [-0.05, 0) is 0 Å². The van der Waals surface area contributed by atoms with Crippen molar-refractivity contribution in [2.75, 3.05) is 0 Å². The first-order valence-electron chi connectivity index (χ1n) is 5.31. The Morgan fingerprint density at radius 3 is 1.15 bits per heavy atom. The molecular weight excluding hydrogens is 249 g/mol. The van der Waals surface area contributed by atoms with Crippen LogP contribution in [0, 0.1) is 0 Å². The van der Waals surface area contributed by atoms with Crippen molar-refractivity contribution in [3.63, 3.8) is 0 Å². The van der Waals surface area contributed by atoms with Crippen LogP contribution in [0.1, 0.15) is 13.8 Å². The molecule has 0 N–H and O–H groups in total. The Bertz CT molecular complexity index is 139. The summed E-state index contributed by atoms with van der Waals surface area (Å²) in [6, 6.07) is 0. The van der Waals surface area contributed by atoms with Gasteiger partial charge in [0.2, 0.25) is 0 Å². The molecule has 0 atom stereocenters. The molecule has 0 saturated carbocycles. The average molecular weight is 275 g/mol. The van der Waals surface area contributed by atoms with E-state index in [1.54, 1.807) is 0 Å². The quantitative estimate of drug-likeness (QED) is 0.679. The van der Waals surface area contributed by atoms with Gasteiger partial charge in [0.25, 0.3) is 0 Å². The summed E-state index contributed by atoms with van der Waals surface area (Å²) in [5, 5.41) is 0. The van der Waals surface area contributed by atoms with Crippen LogP contribution in [0.2, 0.25) is 48.0 Å². The zero-order valence-corrected chi connectivity index (χ0v) is 14.8. The Labute approximate surface area is 93.4 Å². The normalized spacial score (nSPS) is 14.3. The summed E-state index contributed by atoms with van der Waals surface area (Å²) in [6.45, 7) is 20.3. The van der Waals surface area contributed by atoms with Crippen LogP contribution in [0.3, 0.4) is 0 Å². The Hall–Kier alpha value is 0.977. The number of hydrogen-bond acceptors (Lipinski definition) is 0. The summed E-state index contributed by atoms with van der Waals surface area (Å²) in [6.07, 6.45) is 0. The minimum absolute atomic E-state index is 0.304. The van der Waals surface area contributed by atoms with E-state index >= 15 is 0 Å². The fourth-order valence-electron chi connectivity index (χ4n) is 2.13. The molecule has 0 spiro atoms. The van der Waals surface area contributed by atoms with E-state index in [-0.39, 0.29) is 0 Å². The Balaban J connectivity index is 4.58. The summed E-state index contributed by atoms with van der Waals surface area (Å²) in [5.74, 6) is 0. The van der Waals surface area contributed by atoms with Gasteiger partial charge in [-0.3, -0.25) is 0 Å². The van der Waals surface area contributed by atoms with Gasteiger partial charge in [0.05, 0.1) is 0 Å². The van der Waals surface area contributed by atoms with Crippen molar-refractivity contribution in [3.8, 4) is 0 Å². The zero-order valence-electron chi connectivity index (χ0n) is 10.7. The van der Waals surface area contributed by atoms with E-state index < -0.39 is 16.1 Å². The molecule has 0 aromatic rings. The summed E-state index contributed by atoms with van der Waals surface area (Å²) < 4.78 is 2.21. The first-order chi connectivity index (χ1) is 5.55. The molecule has 0 aromatic heterocycles. The molecule has 0 nitrogen and oxygen atoms in total. The molecule has 0 aliphatic rings. The molecule has 0 unspecified atom stereocenters. The summed E-state index contributed by atoms with van der Waals surface area (Å²) in [4.78, 5) is 0. The maximum atomic E-state index is 2.57. The monoisotopic (exact) mass is 276 g/mol. The molecule has 0 aliphatic heterocycles. The standard InChI is InChI=1S/C10H26GeSi2/c1-9(2)11-10(12(3,4)5)13(6,7)8/h9-10H,1-8H3. The van der Waals surface area contributed by atoms with E-state index in [4.69, 9.17) is 0 Å². The second kappa shape index (κ2) is 4.66. The molecule has 0 saturated heterocycles. The van der Waals surface area contributed by atoms with Crippen molar-refractivity contribution >= 4 is 31.6 Å². The Morgan fingerprint density at radius 2 is 1.08 bits per heavy atom. The number of hydrogen-bond donors (Lipinski definition) is 0. The van der Waals surface area contributed by atoms with Gasteiger partial charge in [0.1, 0.15) is 0 Å². The Morgan fingerprint density at radius 1 is 0.769 bits per heavy atom. The van der Waals surface area contributed by atoms with Crippen LogP contribution in [0.15, 0.2) is 0 Å². The van der Waals surface area contributed by atoms with E-state index in [9.17, 15) is 0 Å². The van der Waals surface area contributed by atoms with Gasteiger partial charge in [-0.25, -0.2) is 0 Å². The van der Waals surface area contributed by atoms with Crippen LogP contribution in [0.4, 0.5) is 0 Å². The molecular formula is C10H26GeSi2. The van der Waals surface area contributed by atoms with Crippen LogP contribution >= 0.6 is 0 Å². The average Bonchev–Trinajstić information content (AvgIpc) is 1.77. The van der Waals surface area contributed by atoms with Crippen molar-refractivity contribution in [3.05, 3.63) is 0 Å². The third kappa shape index (κ3) is 5.42. The molecule has 78 valence electrons. The molecule has 0 aromatic carbocycles. The second-order valence-corrected chi connectivity index (χ2v) is 24.4. The van der Waals surface area contributed by atoms with Crippen molar-refractivity contribution in [2.24, 2.45) is 0 Å². The molecule has 0 amide bonds. The van der Waals surface area contributed by atoms with E-state index in [0.29, 0.717) is 15.4 Å². The van der Waals surface area contributed by atoms with Crippen molar-refractivity contribution in [1.29, 1.82) is 0 Å². The van der Waals surface area contributed by atoms with Gasteiger partial charge in [-0.15, -0.1) is 0 Å². The minimum atomic E-state index is -0.868. The van der Waals surface area contributed by atoms with E-state index in [0.717, 1.165) is 4.75 Å². The molecule has 0 fully saturated rings. The van der Waals surface area contributed by atoms with Gasteiger partial charge in [-0.1, -0.05) is 0 Å². The Kier molecular flexibility index (Phi) is 5.01. The second-order valence-electron chi connectivity index (χ2n) is 6.49. The van der Waals surface area contributed by atoms with Gasteiger partial charge < -0.3 is 0 Å². The fourth-order valence-corrected chi connectivity index (χ4v) is 24.7. The molecule has 0 aliphatic carbocycles. The van der Waals surface area contributed by atoms with Crippen LogP contribution in [0.5, 0.6) is 0 Å². The van der Waals surface area contributed by atoms with E-state index in [1.165, 1.54) is 4.00 Å². The van der Waals surface area contributed by atoms with Gasteiger partial charge in [0, 0.05) is 0 Å². The summed E-state index contributed by atoms with van der Waals surface area (Å²) >= 11 is 0.304. The fraction of sp³-hybridized carbons (Fsp3) is 1.00. The summed E-state index contributed by atoms with van der Waals surface area (Å²) in [5.41, 5.74) is 0. The van der Waals surface area contributed by atoms with Crippen molar-refractivity contribution in [2.45, 2.75) is 61.9 Å². The third-order valence-corrected chi connectivity index (χ3v) is 25.6. The van der Waals surface area contributed by atoms with Gasteiger partial charge >= 0.3 is 93.5 Å². The van der Waals surface area contributed by atoms with Crippen LogP contribution in [-0.2, 0) is 0 Å². The van der Waals surface area contributed by atoms with Crippen LogP contribution in [0.25, 0.3) is 0 Å². The van der Waals surface area contributed by atoms with Gasteiger partial charge in [0.15, 0.2) is 0 Å². The maximum absolute atomic E-state index is 2.57. The molecule has 0 rings (SSSR count). The molecule has 0 heterocycles. The van der Waals surface area contributed by atoms with Gasteiger partial charge in [-0.2, -0.15) is 0 Å². The molecule has 3 heteroatoms. The van der Waals surface area contributed by atoms with Crippen molar-refractivity contribution in [1.82, 2.24) is 0 Å². The predicted octanol–water partition coefficient (Wildman–Crippen LogP) is 4.06. The topological polar surface area (TPSA) is 0 Å². The first-order valence-corrected chi connectivity index (χ1v) is 14.9. The van der Waals surface area contributed by atoms with E-state index in [2.05, 4.69) is 53.1 Å². The van der Waals surface area contributed by atoms with Crippen LogP contribution < -0.4 is 0 Å². The molecule has 0 bridgehead atoms. The SMILES string of the molecule is C[CH](C)[Ge][CH]([Si](C)(C)C)[Si](C)(C)C. The van der Waals surface area contributed by atoms with Crippen LogP contribution in [-0.4, -0.2) is 31.6 Å². The third-order valence-electron chi connectivity index (χ3n) is 2.23. The number of rotatable bonds is 4. The molecule has 2 radical (unpaired) electrons. The van der Waals surface area contributed by atoms with E-state index in [1.807, 2.05) is 0 Å². The van der Waals surface area contributed by atoms with Crippen molar-refractivity contribution < 1.29 is 0 Å². The summed E-state index contributed by atoms with van der Waals surface area (Å²) in [7, 11) is -1.74. The molecule has 13 heavy (non-hydrogen) atoms. The zero-order chi connectivity index (χ0) is 10.9.